The van der Waals surface area contributed by atoms with Crippen LogP contribution in [0.1, 0.15) is 36.7 Å². The normalized spacial score (nSPS) is 11.1. The molecule has 0 aliphatic carbocycles. The van der Waals surface area contributed by atoms with Crippen LogP contribution in [0, 0.1) is 6.92 Å². The van der Waals surface area contributed by atoms with E-state index in [0.29, 0.717) is 11.3 Å². The molecule has 23 heavy (non-hydrogen) atoms. The van der Waals surface area contributed by atoms with Gasteiger partial charge in [0.1, 0.15) is 11.2 Å². The van der Waals surface area contributed by atoms with Crippen molar-refractivity contribution in [2.45, 2.75) is 33.3 Å². The van der Waals surface area contributed by atoms with Crippen molar-refractivity contribution in [1.29, 1.82) is 0 Å². The van der Waals surface area contributed by atoms with E-state index in [1.54, 1.807) is 39.0 Å². The topological polar surface area (TPSA) is 102 Å². The summed E-state index contributed by atoms with van der Waals surface area (Å²) in [6.45, 7) is 7.12. The maximum absolute atomic E-state index is 11.9. The maximum atomic E-state index is 11.9. The largest absolute Gasteiger partial charge is 0.477 e. The Labute approximate surface area is 133 Å². The lowest BCUT2D eigenvalue weighted by atomic mass is 10.1. The molecule has 0 unspecified atom stereocenters. The van der Waals surface area contributed by atoms with Crippen LogP contribution in [0.15, 0.2) is 28.9 Å². The zero-order valence-corrected chi connectivity index (χ0v) is 13.3. The van der Waals surface area contributed by atoms with E-state index >= 15 is 0 Å². The van der Waals surface area contributed by atoms with Crippen LogP contribution in [0.2, 0.25) is 0 Å². The maximum Gasteiger partial charge on any atom is 0.412 e. The Morgan fingerprint density at radius 3 is 2.61 bits per heavy atom. The number of hydrogen-bond donors (Lipinski definition) is 2. The molecular weight excluding hydrogens is 300 g/mol. The van der Waals surface area contributed by atoms with Gasteiger partial charge in [-0.1, -0.05) is 17.3 Å². The molecule has 122 valence electrons. The van der Waals surface area contributed by atoms with E-state index in [9.17, 15) is 9.59 Å². The second-order valence-corrected chi connectivity index (χ2v) is 6.03. The first-order valence-corrected chi connectivity index (χ1v) is 6.96. The number of carbonyl (C=O) groups is 2. The van der Waals surface area contributed by atoms with Gasteiger partial charge >= 0.3 is 12.1 Å². The SMILES string of the molecule is Cc1ccc(-c2oncc2C(=O)O)cc1NC(=O)OC(C)(C)C. The summed E-state index contributed by atoms with van der Waals surface area (Å²) in [7, 11) is 0. The van der Waals surface area contributed by atoms with Crippen molar-refractivity contribution in [3.05, 3.63) is 35.5 Å². The number of nitrogens with one attached hydrogen (secondary N) is 1. The standard InChI is InChI=1S/C16H18N2O5/c1-9-5-6-10(13-11(14(19)20)8-17-23-13)7-12(9)18-15(21)22-16(2,3)4/h5-8H,1-4H3,(H,18,21)(H,19,20). The van der Waals surface area contributed by atoms with E-state index in [2.05, 4.69) is 10.5 Å². The van der Waals surface area contributed by atoms with Gasteiger partial charge in [-0.05, 0) is 39.3 Å². The summed E-state index contributed by atoms with van der Waals surface area (Å²) in [5.74, 6) is -1.01. The van der Waals surface area contributed by atoms with Crippen molar-refractivity contribution in [3.8, 4) is 11.3 Å². The van der Waals surface area contributed by atoms with Crippen molar-refractivity contribution < 1.29 is 24.0 Å². The van der Waals surface area contributed by atoms with Crippen LogP contribution in [0.4, 0.5) is 10.5 Å². The van der Waals surface area contributed by atoms with Crippen molar-refractivity contribution in [1.82, 2.24) is 5.16 Å². The van der Waals surface area contributed by atoms with Gasteiger partial charge < -0.3 is 14.4 Å². The molecule has 7 nitrogen and oxygen atoms in total. The minimum Gasteiger partial charge on any atom is -0.477 e. The zero-order valence-electron chi connectivity index (χ0n) is 13.3. The Kier molecular flexibility index (Phi) is 4.40. The van der Waals surface area contributed by atoms with E-state index in [0.717, 1.165) is 11.8 Å². The van der Waals surface area contributed by atoms with Crippen LogP contribution in [0.5, 0.6) is 0 Å². The lowest BCUT2D eigenvalue weighted by Gasteiger charge is -2.20. The highest BCUT2D eigenvalue weighted by Gasteiger charge is 2.20. The number of aromatic carboxylic acids is 1. The molecule has 0 fully saturated rings. The number of hydrogen-bond acceptors (Lipinski definition) is 5. The molecule has 2 N–H and O–H groups in total. The highest BCUT2D eigenvalue weighted by Crippen LogP contribution is 2.28. The fourth-order valence-corrected chi connectivity index (χ4v) is 1.91. The van der Waals surface area contributed by atoms with Crippen LogP contribution in [0.25, 0.3) is 11.3 Å². The van der Waals surface area contributed by atoms with Crippen molar-refractivity contribution in [2.24, 2.45) is 0 Å². The van der Waals surface area contributed by atoms with Gasteiger partial charge in [0.2, 0.25) is 0 Å². The molecule has 7 heteroatoms. The van der Waals surface area contributed by atoms with E-state index < -0.39 is 17.7 Å². The summed E-state index contributed by atoms with van der Waals surface area (Å²) in [6.07, 6.45) is 0.548. The number of ether oxygens (including phenoxy) is 1. The molecule has 0 saturated carbocycles. The Balaban J connectivity index is 2.31. The quantitative estimate of drug-likeness (QED) is 0.894. The summed E-state index contributed by atoms with van der Waals surface area (Å²) >= 11 is 0. The van der Waals surface area contributed by atoms with Crippen molar-refractivity contribution in [2.75, 3.05) is 5.32 Å². The number of aromatic nitrogens is 1. The Morgan fingerprint density at radius 2 is 2.00 bits per heavy atom. The molecule has 2 aromatic rings. The van der Waals surface area contributed by atoms with Gasteiger partial charge in [-0.3, -0.25) is 5.32 Å². The smallest absolute Gasteiger partial charge is 0.412 e. The highest BCUT2D eigenvalue weighted by molar-refractivity contribution is 5.95. The molecule has 1 heterocycles. The molecular formula is C16H18N2O5. The average Bonchev–Trinajstić information content (AvgIpc) is 2.88. The first-order chi connectivity index (χ1) is 10.7. The van der Waals surface area contributed by atoms with Crippen molar-refractivity contribution in [3.63, 3.8) is 0 Å². The van der Waals surface area contributed by atoms with E-state index in [-0.39, 0.29) is 11.3 Å². The van der Waals surface area contributed by atoms with Crippen molar-refractivity contribution >= 4 is 17.7 Å². The molecule has 1 aromatic heterocycles. The molecule has 0 bridgehead atoms. The minimum absolute atomic E-state index is 0.0444. The average molecular weight is 318 g/mol. The van der Waals surface area contributed by atoms with Gasteiger partial charge in [-0.2, -0.15) is 0 Å². The predicted octanol–water partition coefficient (Wildman–Crippen LogP) is 3.70. The fourth-order valence-electron chi connectivity index (χ4n) is 1.91. The van der Waals surface area contributed by atoms with Crippen LogP contribution in [-0.4, -0.2) is 27.9 Å². The molecule has 0 aliphatic rings. The molecule has 0 spiro atoms. The summed E-state index contributed by atoms with van der Waals surface area (Å²) in [4.78, 5) is 23.0. The Hall–Kier alpha value is -2.83. The first kappa shape index (κ1) is 16.5. The third-order valence-corrected chi connectivity index (χ3v) is 2.94. The predicted molar refractivity (Wildman–Crippen MR) is 83.5 cm³/mol. The molecule has 0 saturated heterocycles. The number of carbonyl (C=O) groups excluding carboxylic acids is 1. The number of anilines is 1. The number of carboxylic acid groups (broad SMARTS) is 1. The van der Waals surface area contributed by atoms with Gasteiger partial charge in [0.25, 0.3) is 0 Å². The number of aryl methyl sites for hydroxylation is 1. The summed E-state index contributed by atoms with van der Waals surface area (Å²) in [5, 5.41) is 15.3. The van der Waals surface area contributed by atoms with Crippen LogP contribution >= 0.6 is 0 Å². The van der Waals surface area contributed by atoms with Crippen LogP contribution in [-0.2, 0) is 4.74 Å². The lowest BCUT2D eigenvalue weighted by Crippen LogP contribution is -2.27. The summed E-state index contributed by atoms with van der Waals surface area (Å²) in [6, 6.07) is 5.06. The van der Waals surface area contributed by atoms with E-state index in [4.69, 9.17) is 14.4 Å². The number of nitrogens with zero attached hydrogens (tertiary/aromatic N) is 1. The summed E-state index contributed by atoms with van der Waals surface area (Å²) < 4.78 is 10.2. The fraction of sp³-hybridized carbons (Fsp3) is 0.312. The Morgan fingerprint density at radius 1 is 1.30 bits per heavy atom. The van der Waals surface area contributed by atoms with Crippen LogP contribution < -0.4 is 5.32 Å². The molecule has 0 atom stereocenters. The number of rotatable bonds is 3. The third-order valence-electron chi connectivity index (χ3n) is 2.94. The van der Waals surface area contributed by atoms with Gasteiger partial charge in [-0.25, -0.2) is 9.59 Å². The number of amides is 1. The lowest BCUT2D eigenvalue weighted by molar-refractivity contribution is 0.0633. The molecule has 1 aromatic carbocycles. The van der Waals surface area contributed by atoms with Gasteiger partial charge in [0.05, 0.1) is 6.20 Å². The monoisotopic (exact) mass is 318 g/mol. The number of benzene rings is 1. The van der Waals surface area contributed by atoms with Crippen LogP contribution in [0.3, 0.4) is 0 Å². The minimum atomic E-state index is -1.14. The molecule has 0 aliphatic heterocycles. The second-order valence-electron chi connectivity index (χ2n) is 6.03. The highest BCUT2D eigenvalue weighted by atomic mass is 16.6. The first-order valence-electron chi connectivity index (χ1n) is 6.96. The summed E-state index contributed by atoms with van der Waals surface area (Å²) in [5.41, 5.74) is 1.14. The Bertz CT molecular complexity index is 743. The molecule has 2 rings (SSSR count). The van der Waals surface area contributed by atoms with Gasteiger partial charge in [0.15, 0.2) is 5.76 Å². The van der Waals surface area contributed by atoms with E-state index in [1.165, 1.54) is 0 Å². The molecule has 0 radical (unpaired) electrons. The van der Waals surface area contributed by atoms with Gasteiger partial charge in [0, 0.05) is 11.3 Å². The third kappa shape index (κ3) is 4.09. The molecule has 1 amide bonds. The number of carboxylic acids is 1. The van der Waals surface area contributed by atoms with E-state index in [1.807, 2.05) is 6.92 Å². The second kappa shape index (κ2) is 6.12. The zero-order chi connectivity index (χ0) is 17.2. The van der Waals surface area contributed by atoms with Gasteiger partial charge in [-0.15, -0.1) is 0 Å².